The Morgan fingerprint density at radius 2 is 2.35 bits per heavy atom. The lowest BCUT2D eigenvalue weighted by Gasteiger charge is -2.04. The van der Waals surface area contributed by atoms with Crippen molar-refractivity contribution in [3.8, 4) is 0 Å². The summed E-state index contributed by atoms with van der Waals surface area (Å²) in [6.07, 6.45) is 4.01. The predicted molar refractivity (Wildman–Crippen MR) is 80.1 cm³/mol. The number of nitrogens with one attached hydrogen (secondary N) is 1. The Morgan fingerprint density at radius 1 is 1.45 bits per heavy atom. The van der Waals surface area contributed by atoms with Gasteiger partial charge in [0.1, 0.15) is 11.7 Å². The number of carbonyl (C=O) groups excluding carboxylic acids is 1. The van der Waals surface area contributed by atoms with Crippen LogP contribution in [0.5, 0.6) is 0 Å². The maximum absolute atomic E-state index is 11.6. The Bertz CT molecular complexity index is 546. The lowest BCUT2D eigenvalue weighted by molar-refractivity contribution is -0.121. The summed E-state index contributed by atoms with van der Waals surface area (Å²) in [5, 5.41) is 11.5. The number of amides is 1. The van der Waals surface area contributed by atoms with Crippen molar-refractivity contribution in [2.45, 2.75) is 25.0 Å². The van der Waals surface area contributed by atoms with Crippen molar-refractivity contribution in [1.29, 1.82) is 0 Å². The van der Waals surface area contributed by atoms with Gasteiger partial charge in [-0.25, -0.2) is 9.67 Å². The van der Waals surface area contributed by atoms with Crippen LogP contribution in [0.3, 0.4) is 0 Å². The number of hydrogen-bond acceptors (Lipinski definition) is 6. The number of nitrogens with zero attached hydrogens (tertiary/aromatic N) is 4. The van der Waals surface area contributed by atoms with Gasteiger partial charge in [0, 0.05) is 18.4 Å². The zero-order chi connectivity index (χ0) is 14.2. The monoisotopic (exact) mass is 309 g/mol. The molecule has 1 amide bonds. The van der Waals surface area contributed by atoms with Crippen molar-refractivity contribution in [3.63, 3.8) is 0 Å². The maximum Gasteiger partial charge on any atom is 0.222 e. The quantitative estimate of drug-likeness (QED) is 0.622. The second-order valence-corrected chi connectivity index (χ2v) is 6.42. The van der Waals surface area contributed by atoms with Crippen LogP contribution >= 0.6 is 21.6 Å². The van der Waals surface area contributed by atoms with Gasteiger partial charge < -0.3 is 5.32 Å². The van der Waals surface area contributed by atoms with E-state index in [0.29, 0.717) is 13.1 Å². The van der Waals surface area contributed by atoms with Gasteiger partial charge in [-0.3, -0.25) is 4.79 Å². The summed E-state index contributed by atoms with van der Waals surface area (Å²) >= 11 is 0. The molecule has 0 atom stereocenters. The highest BCUT2D eigenvalue weighted by molar-refractivity contribution is 8.76. The smallest absolute Gasteiger partial charge is 0.222 e. The molecule has 2 heterocycles. The highest BCUT2D eigenvalue weighted by atomic mass is 33.1. The van der Waals surface area contributed by atoms with E-state index in [1.165, 1.54) is 0 Å². The molecule has 0 spiro atoms. The Balaban J connectivity index is 1.58. The van der Waals surface area contributed by atoms with E-state index in [4.69, 9.17) is 0 Å². The van der Waals surface area contributed by atoms with Crippen molar-refractivity contribution >= 4 is 27.5 Å². The number of aromatic nitrogens is 4. The van der Waals surface area contributed by atoms with Gasteiger partial charge >= 0.3 is 0 Å². The molecule has 0 aliphatic carbocycles. The van der Waals surface area contributed by atoms with E-state index >= 15 is 0 Å². The second-order valence-electron chi connectivity index (χ2n) is 3.98. The van der Waals surface area contributed by atoms with Crippen molar-refractivity contribution in [3.05, 3.63) is 36.3 Å². The summed E-state index contributed by atoms with van der Waals surface area (Å²) in [4.78, 5) is 15.8. The van der Waals surface area contributed by atoms with Crippen LogP contribution in [0.1, 0.15) is 12.1 Å². The molecule has 0 bridgehead atoms. The summed E-state index contributed by atoms with van der Waals surface area (Å²) < 4.78 is 1.60. The van der Waals surface area contributed by atoms with E-state index in [9.17, 15) is 4.79 Å². The molecule has 0 aliphatic rings. The summed E-state index contributed by atoms with van der Waals surface area (Å²) in [6.45, 7) is 2.22. The molecule has 0 radical (unpaired) electrons. The van der Waals surface area contributed by atoms with Crippen LogP contribution in [-0.2, 0) is 11.5 Å². The number of aryl methyl sites for hydroxylation is 1. The van der Waals surface area contributed by atoms with Gasteiger partial charge in [-0.2, -0.15) is 0 Å². The third-order valence-electron chi connectivity index (χ3n) is 2.29. The first-order chi connectivity index (χ1) is 9.74. The van der Waals surface area contributed by atoms with Gasteiger partial charge in [-0.15, -0.1) is 5.10 Å². The number of hydrogen-bond donors (Lipinski definition) is 1. The predicted octanol–water partition coefficient (Wildman–Crippen LogP) is 1.89. The van der Waals surface area contributed by atoms with Crippen LogP contribution in [0.25, 0.3) is 0 Å². The SMILES string of the molecule is Cc1cn(CNC(=O)CCSSc2ccccn2)nn1. The van der Waals surface area contributed by atoms with Crippen LogP contribution in [0, 0.1) is 6.92 Å². The molecule has 8 heteroatoms. The molecule has 2 rings (SSSR count). The largest absolute Gasteiger partial charge is 0.337 e. The van der Waals surface area contributed by atoms with E-state index in [2.05, 4.69) is 20.6 Å². The molecule has 2 aromatic heterocycles. The van der Waals surface area contributed by atoms with E-state index in [1.54, 1.807) is 38.7 Å². The van der Waals surface area contributed by atoms with Crippen LogP contribution in [0.4, 0.5) is 0 Å². The highest BCUT2D eigenvalue weighted by Gasteiger charge is 2.03. The molecule has 20 heavy (non-hydrogen) atoms. The normalized spacial score (nSPS) is 10.4. The minimum Gasteiger partial charge on any atom is -0.337 e. The third kappa shape index (κ3) is 5.22. The molecule has 2 aromatic rings. The van der Waals surface area contributed by atoms with Crippen LogP contribution in [0.2, 0.25) is 0 Å². The highest BCUT2D eigenvalue weighted by Crippen LogP contribution is 2.29. The van der Waals surface area contributed by atoms with E-state index < -0.39 is 0 Å². The minimum atomic E-state index is 0.00674. The van der Waals surface area contributed by atoms with Crippen LogP contribution < -0.4 is 5.32 Å². The van der Waals surface area contributed by atoms with Gasteiger partial charge in [-0.05, 0) is 29.9 Å². The van der Waals surface area contributed by atoms with Gasteiger partial charge in [0.25, 0.3) is 0 Å². The zero-order valence-corrected chi connectivity index (χ0v) is 12.7. The molecular formula is C12H15N5OS2. The van der Waals surface area contributed by atoms with E-state index in [1.807, 2.05) is 25.1 Å². The lowest BCUT2D eigenvalue weighted by Crippen LogP contribution is -2.26. The fraction of sp³-hybridized carbons (Fsp3) is 0.333. The van der Waals surface area contributed by atoms with Crippen molar-refractivity contribution in [2.24, 2.45) is 0 Å². The van der Waals surface area contributed by atoms with Gasteiger partial charge in [-0.1, -0.05) is 22.1 Å². The lowest BCUT2D eigenvalue weighted by atomic mass is 10.4. The van der Waals surface area contributed by atoms with E-state index in [0.717, 1.165) is 16.5 Å². The fourth-order valence-electron chi connectivity index (χ4n) is 1.36. The van der Waals surface area contributed by atoms with Crippen molar-refractivity contribution < 1.29 is 4.79 Å². The molecular weight excluding hydrogens is 294 g/mol. The molecule has 0 saturated heterocycles. The molecule has 1 N–H and O–H groups in total. The van der Waals surface area contributed by atoms with Crippen molar-refractivity contribution in [2.75, 3.05) is 5.75 Å². The number of pyridine rings is 1. The topological polar surface area (TPSA) is 72.7 Å². The van der Waals surface area contributed by atoms with Crippen LogP contribution in [-0.4, -0.2) is 31.6 Å². The Hall–Kier alpha value is -1.54. The fourth-order valence-corrected chi connectivity index (χ4v) is 3.23. The van der Waals surface area contributed by atoms with Gasteiger partial charge in [0.15, 0.2) is 0 Å². The molecule has 0 aliphatic heterocycles. The summed E-state index contributed by atoms with van der Waals surface area (Å²) in [7, 11) is 3.20. The van der Waals surface area contributed by atoms with Gasteiger partial charge in [0.05, 0.1) is 11.9 Å². The Morgan fingerprint density at radius 3 is 3.05 bits per heavy atom. The third-order valence-corrected chi connectivity index (χ3v) is 4.55. The molecule has 106 valence electrons. The first kappa shape index (κ1) is 14.9. The molecule has 0 unspecified atom stereocenters. The average Bonchev–Trinajstić information content (AvgIpc) is 2.88. The van der Waals surface area contributed by atoms with Crippen molar-refractivity contribution in [1.82, 2.24) is 25.3 Å². The summed E-state index contributed by atoms with van der Waals surface area (Å²) in [6, 6.07) is 5.78. The van der Waals surface area contributed by atoms with Crippen LogP contribution in [0.15, 0.2) is 35.6 Å². The molecule has 0 saturated carbocycles. The summed E-state index contributed by atoms with van der Waals surface area (Å²) in [5.41, 5.74) is 0.835. The second kappa shape index (κ2) is 7.91. The standard InChI is InChI=1S/C12H15N5OS2/c1-10-8-17(16-15-10)9-14-11(18)5-7-19-20-12-4-2-3-6-13-12/h2-4,6,8H,5,7,9H2,1H3,(H,14,18). The Labute approximate surface area is 125 Å². The first-order valence-corrected chi connectivity index (χ1v) is 8.40. The Kier molecular flexibility index (Phi) is 5.87. The summed E-state index contributed by atoms with van der Waals surface area (Å²) in [5.74, 6) is 0.746. The molecule has 0 aromatic carbocycles. The van der Waals surface area contributed by atoms with Gasteiger partial charge in [0.2, 0.25) is 5.91 Å². The molecule has 0 fully saturated rings. The van der Waals surface area contributed by atoms with E-state index in [-0.39, 0.29) is 5.91 Å². The number of carbonyl (C=O) groups is 1. The first-order valence-electron chi connectivity index (χ1n) is 6.08. The number of rotatable bonds is 7. The zero-order valence-electron chi connectivity index (χ0n) is 11.0. The minimum absolute atomic E-state index is 0.00674. The molecule has 6 nitrogen and oxygen atoms in total. The maximum atomic E-state index is 11.6. The average molecular weight is 309 g/mol.